The van der Waals surface area contributed by atoms with Gasteiger partial charge in [0.25, 0.3) is 0 Å². The van der Waals surface area contributed by atoms with E-state index in [1.807, 2.05) is 6.92 Å². The van der Waals surface area contributed by atoms with Crippen molar-refractivity contribution >= 4 is 17.2 Å². The number of nitrogens with zero attached hydrogens (tertiary/aromatic N) is 3. The van der Waals surface area contributed by atoms with E-state index < -0.39 is 0 Å². The first kappa shape index (κ1) is 6.96. The van der Waals surface area contributed by atoms with Gasteiger partial charge in [0, 0.05) is 6.42 Å². The van der Waals surface area contributed by atoms with Crippen molar-refractivity contribution in [2.75, 3.05) is 11.5 Å². The maximum atomic E-state index is 5.63. The molecule has 12 heavy (non-hydrogen) atoms. The summed E-state index contributed by atoms with van der Waals surface area (Å²) in [5.41, 5.74) is 12.2. The highest BCUT2D eigenvalue weighted by atomic mass is 15.5. The number of anilines is 2. The van der Waals surface area contributed by atoms with E-state index in [-0.39, 0.29) is 0 Å². The summed E-state index contributed by atoms with van der Waals surface area (Å²) < 4.78 is 1.49. The Kier molecular flexibility index (Phi) is 1.24. The van der Waals surface area contributed by atoms with E-state index >= 15 is 0 Å². The van der Waals surface area contributed by atoms with Crippen molar-refractivity contribution < 1.29 is 0 Å². The Morgan fingerprint density at radius 3 is 2.83 bits per heavy atom. The van der Waals surface area contributed by atoms with Gasteiger partial charge >= 0.3 is 0 Å². The third-order valence-corrected chi connectivity index (χ3v) is 1.72. The molecule has 2 rings (SSSR count). The second kappa shape index (κ2) is 2.13. The number of aryl methyl sites for hydroxylation is 1. The quantitative estimate of drug-likeness (QED) is 0.545. The van der Waals surface area contributed by atoms with Crippen molar-refractivity contribution in [2.45, 2.75) is 13.3 Å². The van der Waals surface area contributed by atoms with Crippen LogP contribution in [0, 0.1) is 0 Å². The van der Waals surface area contributed by atoms with Crippen molar-refractivity contribution in [3.8, 4) is 0 Å². The van der Waals surface area contributed by atoms with Crippen LogP contribution >= 0.6 is 0 Å². The van der Waals surface area contributed by atoms with E-state index in [0.717, 1.165) is 12.2 Å². The molecule has 0 saturated heterocycles. The standard InChI is InChI=1S/C6H10N6/c1-2-3-9-6-4(7)5(8)11-12(6)10-3/h11H,2,7-8H2,1H3. The molecule has 0 aromatic carbocycles. The third kappa shape index (κ3) is 0.744. The van der Waals surface area contributed by atoms with Crippen LogP contribution in [0.5, 0.6) is 0 Å². The third-order valence-electron chi connectivity index (χ3n) is 1.72. The van der Waals surface area contributed by atoms with Gasteiger partial charge in [-0.1, -0.05) is 6.92 Å². The number of rotatable bonds is 1. The van der Waals surface area contributed by atoms with Gasteiger partial charge in [-0.2, -0.15) is 4.63 Å². The molecule has 0 bridgehead atoms. The van der Waals surface area contributed by atoms with Crippen LogP contribution in [0.1, 0.15) is 12.7 Å². The largest absolute Gasteiger partial charge is 0.393 e. The lowest BCUT2D eigenvalue weighted by atomic mass is 10.5. The number of fused-ring (bicyclic) bond motifs is 1. The van der Waals surface area contributed by atoms with E-state index in [2.05, 4.69) is 15.2 Å². The van der Waals surface area contributed by atoms with Crippen LogP contribution in [-0.4, -0.2) is 19.8 Å². The Morgan fingerprint density at radius 2 is 2.25 bits per heavy atom. The Labute approximate surface area is 68.5 Å². The SMILES string of the molecule is CCc1nc2c(N)c(N)[nH]n2n1. The number of H-pyrrole nitrogens is 1. The molecule has 6 heteroatoms. The maximum Gasteiger partial charge on any atom is 0.200 e. The van der Waals surface area contributed by atoms with Gasteiger partial charge in [-0.25, -0.2) is 4.98 Å². The molecule has 2 aromatic rings. The molecule has 0 unspecified atom stereocenters. The maximum absolute atomic E-state index is 5.63. The Morgan fingerprint density at radius 1 is 1.50 bits per heavy atom. The molecule has 0 aliphatic carbocycles. The zero-order valence-corrected chi connectivity index (χ0v) is 6.70. The van der Waals surface area contributed by atoms with Gasteiger partial charge in [0.2, 0.25) is 5.65 Å². The molecule has 2 heterocycles. The first-order valence-electron chi connectivity index (χ1n) is 3.71. The van der Waals surface area contributed by atoms with Crippen LogP contribution in [0.4, 0.5) is 11.5 Å². The highest BCUT2D eigenvalue weighted by Crippen LogP contribution is 2.17. The average Bonchev–Trinajstić information content (AvgIpc) is 2.55. The van der Waals surface area contributed by atoms with E-state index in [4.69, 9.17) is 11.5 Å². The second-order valence-electron chi connectivity index (χ2n) is 2.56. The molecule has 0 saturated carbocycles. The summed E-state index contributed by atoms with van der Waals surface area (Å²) >= 11 is 0. The summed E-state index contributed by atoms with van der Waals surface area (Å²) in [5, 5.41) is 6.88. The van der Waals surface area contributed by atoms with Crippen LogP contribution in [0.3, 0.4) is 0 Å². The van der Waals surface area contributed by atoms with Crippen LogP contribution in [-0.2, 0) is 6.42 Å². The van der Waals surface area contributed by atoms with Crippen LogP contribution in [0.25, 0.3) is 5.65 Å². The fourth-order valence-electron chi connectivity index (χ4n) is 1.05. The Hall–Kier alpha value is -1.72. The second-order valence-corrected chi connectivity index (χ2v) is 2.56. The van der Waals surface area contributed by atoms with Gasteiger partial charge < -0.3 is 11.5 Å². The minimum atomic E-state index is 0.410. The van der Waals surface area contributed by atoms with Crippen molar-refractivity contribution in [1.82, 2.24) is 19.8 Å². The topological polar surface area (TPSA) is 98.0 Å². The van der Waals surface area contributed by atoms with Gasteiger partial charge in [0.1, 0.15) is 11.5 Å². The van der Waals surface area contributed by atoms with E-state index in [1.165, 1.54) is 4.63 Å². The number of hydrogen-bond acceptors (Lipinski definition) is 4. The van der Waals surface area contributed by atoms with Crippen molar-refractivity contribution in [3.05, 3.63) is 5.82 Å². The number of aromatic amines is 1. The zero-order chi connectivity index (χ0) is 8.72. The Bertz CT molecular complexity index is 411. The molecule has 0 radical (unpaired) electrons. The van der Waals surface area contributed by atoms with E-state index in [1.54, 1.807) is 0 Å². The molecule has 0 fully saturated rings. The summed E-state index contributed by atoms with van der Waals surface area (Å²) in [6.45, 7) is 1.98. The molecule has 5 N–H and O–H groups in total. The minimum absolute atomic E-state index is 0.410. The lowest BCUT2D eigenvalue weighted by Crippen LogP contribution is -1.94. The fourth-order valence-corrected chi connectivity index (χ4v) is 1.05. The monoisotopic (exact) mass is 166 g/mol. The Balaban J connectivity index is 2.71. The zero-order valence-electron chi connectivity index (χ0n) is 6.70. The van der Waals surface area contributed by atoms with Gasteiger partial charge in [0.05, 0.1) is 0 Å². The molecule has 0 spiro atoms. The van der Waals surface area contributed by atoms with E-state index in [0.29, 0.717) is 17.2 Å². The minimum Gasteiger partial charge on any atom is -0.393 e. The summed E-state index contributed by atoms with van der Waals surface area (Å²) in [6, 6.07) is 0. The molecule has 0 aliphatic heterocycles. The van der Waals surface area contributed by atoms with Gasteiger partial charge in [0.15, 0.2) is 5.82 Å². The lowest BCUT2D eigenvalue weighted by Gasteiger charge is -1.85. The summed E-state index contributed by atoms with van der Waals surface area (Å²) in [5.74, 6) is 1.17. The molecule has 0 amide bonds. The average molecular weight is 166 g/mol. The molecule has 6 nitrogen and oxygen atoms in total. The predicted molar refractivity (Wildman–Crippen MR) is 45.5 cm³/mol. The lowest BCUT2D eigenvalue weighted by molar-refractivity contribution is 0.793. The van der Waals surface area contributed by atoms with Gasteiger partial charge in [-0.15, -0.1) is 5.10 Å². The predicted octanol–water partition coefficient (Wildman–Crippen LogP) is -0.216. The molecule has 2 aromatic heterocycles. The highest BCUT2D eigenvalue weighted by molar-refractivity contribution is 5.75. The van der Waals surface area contributed by atoms with E-state index in [9.17, 15) is 0 Å². The van der Waals surface area contributed by atoms with Crippen LogP contribution < -0.4 is 11.5 Å². The number of hydrogen-bond donors (Lipinski definition) is 3. The fraction of sp³-hybridized carbons (Fsp3) is 0.333. The molecule has 64 valence electrons. The summed E-state index contributed by atoms with van der Waals surface area (Å²) in [7, 11) is 0. The van der Waals surface area contributed by atoms with Gasteiger partial charge in [-0.3, -0.25) is 5.10 Å². The number of aromatic nitrogens is 4. The molecular formula is C6H10N6. The first-order chi connectivity index (χ1) is 5.72. The molecular weight excluding hydrogens is 156 g/mol. The molecule has 0 aliphatic rings. The number of nitrogens with one attached hydrogen (secondary N) is 1. The van der Waals surface area contributed by atoms with Gasteiger partial charge in [-0.05, 0) is 0 Å². The smallest absolute Gasteiger partial charge is 0.200 e. The number of nitrogens with two attached hydrogens (primary N) is 2. The van der Waals surface area contributed by atoms with Crippen LogP contribution in [0.15, 0.2) is 0 Å². The van der Waals surface area contributed by atoms with Crippen LogP contribution in [0.2, 0.25) is 0 Å². The summed E-state index contributed by atoms with van der Waals surface area (Å²) in [6.07, 6.45) is 0.787. The normalized spacial score (nSPS) is 11.1. The first-order valence-corrected chi connectivity index (χ1v) is 3.71. The highest BCUT2D eigenvalue weighted by Gasteiger charge is 2.09. The van der Waals surface area contributed by atoms with Crippen molar-refractivity contribution in [2.24, 2.45) is 0 Å². The van der Waals surface area contributed by atoms with Crippen molar-refractivity contribution in [3.63, 3.8) is 0 Å². The molecule has 0 atom stereocenters. The summed E-state index contributed by atoms with van der Waals surface area (Å²) in [4.78, 5) is 4.17. The number of nitrogen functional groups attached to an aromatic ring is 2. The van der Waals surface area contributed by atoms with Crippen molar-refractivity contribution in [1.29, 1.82) is 0 Å².